The minimum atomic E-state index is -1.06. The molecule has 0 aliphatic carbocycles. The number of fused-ring (bicyclic) bond motifs is 1. The molecule has 0 radical (unpaired) electrons. The first-order valence-corrected chi connectivity index (χ1v) is 8.98. The number of hydrogen-bond donors (Lipinski definition) is 2. The second-order valence-corrected chi connectivity index (χ2v) is 6.79. The molecule has 0 bridgehead atoms. The van der Waals surface area contributed by atoms with Gasteiger partial charge in [-0.15, -0.1) is 0 Å². The van der Waals surface area contributed by atoms with Crippen LogP contribution < -0.4 is 5.73 Å². The van der Waals surface area contributed by atoms with Crippen LogP contribution in [0.25, 0.3) is 33.3 Å². The summed E-state index contributed by atoms with van der Waals surface area (Å²) in [6.07, 6.45) is 2.56. The number of halogens is 1. The Labute approximate surface area is 161 Å². The minimum absolute atomic E-state index is 0.144. The molecule has 28 heavy (non-hydrogen) atoms. The Kier molecular flexibility index (Phi) is 4.61. The van der Waals surface area contributed by atoms with Crippen molar-refractivity contribution in [2.24, 2.45) is 5.73 Å². The van der Waals surface area contributed by atoms with Crippen molar-refractivity contribution in [3.8, 4) is 22.4 Å². The van der Waals surface area contributed by atoms with Crippen LogP contribution in [0.1, 0.15) is 22.8 Å². The van der Waals surface area contributed by atoms with Crippen LogP contribution >= 0.6 is 0 Å². The normalized spacial score (nSPS) is 12.2. The third kappa shape index (κ3) is 3.36. The van der Waals surface area contributed by atoms with E-state index in [4.69, 9.17) is 5.73 Å². The van der Waals surface area contributed by atoms with Crippen molar-refractivity contribution >= 4 is 16.8 Å². The van der Waals surface area contributed by atoms with Crippen molar-refractivity contribution in [1.29, 1.82) is 0 Å². The number of amides is 1. The Hall–Kier alpha value is -3.54. The van der Waals surface area contributed by atoms with E-state index >= 15 is 0 Å². The number of rotatable bonds is 5. The summed E-state index contributed by atoms with van der Waals surface area (Å²) >= 11 is 0. The van der Waals surface area contributed by atoms with Crippen LogP contribution in [0.3, 0.4) is 0 Å². The average molecular weight is 374 g/mol. The van der Waals surface area contributed by atoms with Gasteiger partial charge in [0.2, 0.25) is 5.91 Å². The van der Waals surface area contributed by atoms with Crippen LogP contribution in [0, 0.1) is 0 Å². The molecule has 1 amide bonds. The van der Waals surface area contributed by atoms with Gasteiger partial charge in [-0.3, -0.25) is 14.9 Å². The Morgan fingerprint density at radius 1 is 1.18 bits per heavy atom. The Morgan fingerprint density at radius 3 is 2.79 bits per heavy atom. The number of nitrogens with two attached hydrogens (primary N) is 1. The lowest BCUT2D eigenvalue weighted by Crippen LogP contribution is -2.15. The number of H-pyrrole nitrogens is 1. The van der Waals surface area contributed by atoms with E-state index in [1.165, 1.54) is 6.92 Å². The van der Waals surface area contributed by atoms with E-state index in [1.54, 1.807) is 24.5 Å². The fourth-order valence-electron chi connectivity index (χ4n) is 3.41. The Morgan fingerprint density at radius 2 is 2.00 bits per heavy atom. The average Bonchev–Trinajstić information content (AvgIpc) is 3.15. The van der Waals surface area contributed by atoms with Crippen molar-refractivity contribution in [3.05, 3.63) is 72.1 Å². The molecule has 140 valence electrons. The van der Waals surface area contributed by atoms with E-state index in [1.807, 2.05) is 36.4 Å². The van der Waals surface area contributed by atoms with Crippen molar-refractivity contribution < 1.29 is 9.18 Å². The molecule has 1 unspecified atom stereocenters. The lowest BCUT2D eigenvalue weighted by molar-refractivity contribution is 0.0999. The number of hydrogen-bond acceptors (Lipinski definition) is 3. The van der Waals surface area contributed by atoms with E-state index < -0.39 is 12.1 Å². The molecule has 0 saturated carbocycles. The second-order valence-electron chi connectivity index (χ2n) is 6.79. The summed E-state index contributed by atoms with van der Waals surface area (Å²) in [5.74, 6) is -0.574. The second kappa shape index (κ2) is 7.23. The Bertz CT molecular complexity index is 1170. The van der Waals surface area contributed by atoms with E-state index in [2.05, 4.69) is 15.2 Å². The van der Waals surface area contributed by atoms with Gasteiger partial charge in [-0.1, -0.05) is 24.3 Å². The molecule has 2 aromatic heterocycles. The number of pyridine rings is 1. The van der Waals surface area contributed by atoms with Crippen molar-refractivity contribution in [3.63, 3.8) is 0 Å². The maximum Gasteiger partial charge on any atom is 0.249 e. The van der Waals surface area contributed by atoms with Gasteiger partial charge in [0, 0.05) is 34.7 Å². The molecule has 2 aromatic carbocycles. The summed E-state index contributed by atoms with van der Waals surface area (Å²) in [7, 11) is 0. The van der Waals surface area contributed by atoms with E-state index in [0.717, 1.165) is 33.3 Å². The van der Waals surface area contributed by atoms with E-state index in [-0.39, 0.29) is 6.42 Å². The smallest absolute Gasteiger partial charge is 0.249 e. The highest BCUT2D eigenvalue weighted by Gasteiger charge is 2.15. The zero-order valence-electron chi connectivity index (χ0n) is 15.3. The quantitative estimate of drug-likeness (QED) is 0.546. The highest BCUT2D eigenvalue weighted by molar-refractivity contribution is 5.96. The molecular weight excluding hydrogens is 355 g/mol. The van der Waals surface area contributed by atoms with Crippen LogP contribution in [0.5, 0.6) is 0 Å². The first kappa shape index (κ1) is 17.9. The van der Waals surface area contributed by atoms with Crippen molar-refractivity contribution in [2.75, 3.05) is 0 Å². The van der Waals surface area contributed by atoms with Gasteiger partial charge in [-0.2, -0.15) is 5.10 Å². The van der Waals surface area contributed by atoms with Crippen LogP contribution in [0.15, 0.2) is 60.9 Å². The summed E-state index contributed by atoms with van der Waals surface area (Å²) in [5, 5.41) is 7.99. The third-order valence-electron chi connectivity index (χ3n) is 4.71. The number of nitrogens with one attached hydrogen (secondary N) is 1. The molecule has 4 rings (SSSR count). The summed E-state index contributed by atoms with van der Waals surface area (Å²) in [4.78, 5) is 16.5. The molecule has 0 saturated heterocycles. The lowest BCUT2D eigenvalue weighted by atomic mass is 9.94. The van der Waals surface area contributed by atoms with E-state index in [0.29, 0.717) is 11.1 Å². The van der Waals surface area contributed by atoms with Gasteiger partial charge >= 0.3 is 0 Å². The molecular formula is C22H19FN4O. The predicted molar refractivity (Wildman–Crippen MR) is 108 cm³/mol. The predicted octanol–water partition coefficient (Wildman–Crippen LogP) is 4.29. The van der Waals surface area contributed by atoms with E-state index in [9.17, 15) is 9.18 Å². The molecule has 5 nitrogen and oxygen atoms in total. The number of carbonyl (C=O) groups excluding carboxylic acids is 1. The molecule has 2 heterocycles. The first-order valence-electron chi connectivity index (χ1n) is 8.98. The molecule has 4 aromatic rings. The van der Waals surface area contributed by atoms with Crippen LogP contribution in [0.2, 0.25) is 0 Å². The number of aromatic amines is 1. The van der Waals surface area contributed by atoms with Gasteiger partial charge in [0.05, 0.1) is 17.4 Å². The highest BCUT2D eigenvalue weighted by atomic mass is 19.1. The van der Waals surface area contributed by atoms with Crippen LogP contribution in [-0.2, 0) is 6.42 Å². The van der Waals surface area contributed by atoms with Gasteiger partial charge in [0.15, 0.2) is 0 Å². The molecule has 0 aliphatic rings. The highest BCUT2D eigenvalue weighted by Crippen LogP contribution is 2.32. The first-order chi connectivity index (χ1) is 13.5. The van der Waals surface area contributed by atoms with Gasteiger partial charge in [0.1, 0.15) is 6.17 Å². The number of benzene rings is 2. The van der Waals surface area contributed by atoms with Crippen LogP contribution in [0.4, 0.5) is 4.39 Å². The number of primary amides is 1. The standard InChI is InChI=1S/C22H19FN4O/c1-13(23)9-14-4-5-16(11-19(14)22(24)28)21-18(3-2-8-25-21)15-6-7-20-17(10-15)12-26-27-20/h2-8,10-13H,9H2,1H3,(H2,24,28)(H,26,27). The maximum atomic E-state index is 13.5. The summed E-state index contributed by atoms with van der Waals surface area (Å²) < 4.78 is 13.5. The fourth-order valence-corrected chi connectivity index (χ4v) is 3.41. The summed E-state index contributed by atoms with van der Waals surface area (Å²) in [6.45, 7) is 1.46. The minimum Gasteiger partial charge on any atom is -0.366 e. The summed E-state index contributed by atoms with van der Waals surface area (Å²) in [5.41, 5.74) is 10.8. The van der Waals surface area contributed by atoms with Gasteiger partial charge < -0.3 is 5.73 Å². The van der Waals surface area contributed by atoms with Gasteiger partial charge in [-0.25, -0.2) is 4.39 Å². The summed E-state index contributed by atoms with van der Waals surface area (Å²) in [6, 6.07) is 15.1. The zero-order valence-corrected chi connectivity index (χ0v) is 15.3. The lowest BCUT2D eigenvalue weighted by Gasteiger charge is -2.13. The monoisotopic (exact) mass is 374 g/mol. The fraction of sp³-hybridized carbons (Fsp3) is 0.136. The Balaban J connectivity index is 1.84. The number of nitrogens with zero attached hydrogens (tertiary/aromatic N) is 2. The number of alkyl halides is 1. The number of carbonyl (C=O) groups is 1. The van der Waals surface area contributed by atoms with Crippen LogP contribution in [-0.4, -0.2) is 27.3 Å². The number of aromatic nitrogens is 3. The van der Waals surface area contributed by atoms with Gasteiger partial charge in [-0.05, 0) is 42.3 Å². The largest absolute Gasteiger partial charge is 0.366 e. The zero-order chi connectivity index (χ0) is 19.7. The molecule has 1 atom stereocenters. The molecule has 0 aliphatic heterocycles. The van der Waals surface area contributed by atoms with Crippen molar-refractivity contribution in [2.45, 2.75) is 19.5 Å². The molecule has 0 spiro atoms. The maximum absolute atomic E-state index is 13.5. The SMILES string of the molecule is CC(F)Cc1ccc(-c2ncccc2-c2ccc3[nH]ncc3c2)cc1C(N)=O. The molecule has 0 fully saturated rings. The third-order valence-corrected chi connectivity index (χ3v) is 4.71. The molecule has 3 N–H and O–H groups in total. The molecule has 6 heteroatoms. The topological polar surface area (TPSA) is 84.7 Å². The van der Waals surface area contributed by atoms with Crippen molar-refractivity contribution in [1.82, 2.24) is 15.2 Å². The van der Waals surface area contributed by atoms with Gasteiger partial charge in [0.25, 0.3) is 0 Å².